The molecule has 0 saturated heterocycles. The molecule has 1 aromatic rings. The van der Waals surface area contributed by atoms with Crippen molar-refractivity contribution in [2.45, 2.75) is 39.2 Å². The van der Waals surface area contributed by atoms with Gasteiger partial charge in [-0.25, -0.2) is 4.39 Å². The summed E-state index contributed by atoms with van der Waals surface area (Å²) in [6.07, 6.45) is 3.15. The van der Waals surface area contributed by atoms with Gasteiger partial charge in [-0.3, -0.25) is 14.4 Å². The number of benzene rings is 1. The molecule has 2 N–H and O–H groups in total. The Morgan fingerprint density at radius 2 is 1.92 bits per heavy atom. The summed E-state index contributed by atoms with van der Waals surface area (Å²) in [5.74, 6) is -1.57. The van der Waals surface area contributed by atoms with Crippen LogP contribution in [0.2, 0.25) is 0 Å². The third-order valence-corrected chi connectivity index (χ3v) is 4.93. The maximum absolute atomic E-state index is 13.5. The van der Waals surface area contributed by atoms with E-state index in [-0.39, 0.29) is 17.5 Å². The van der Waals surface area contributed by atoms with Gasteiger partial charge in [0.2, 0.25) is 0 Å². The molecule has 1 aliphatic carbocycles. The molecule has 1 aromatic carbocycles. The van der Waals surface area contributed by atoms with Gasteiger partial charge in [0.25, 0.3) is 11.8 Å². The van der Waals surface area contributed by atoms with Crippen LogP contribution in [0.5, 0.6) is 0 Å². The van der Waals surface area contributed by atoms with Crippen molar-refractivity contribution in [3.8, 4) is 0 Å². The molecule has 0 heterocycles. The summed E-state index contributed by atoms with van der Waals surface area (Å²) in [6.45, 7) is 3.45. The highest BCUT2D eigenvalue weighted by atomic mass is 19.1. The lowest BCUT2D eigenvalue weighted by Crippen LogP contribution is -2.45. The molecule has 6 nitrogen and oxygen atoms in total. The summed E-state index contributed by atoms with van der Waals surface area (Å²) >= 11 is 0. The molecular formula is C19H25FN2O4. The van der Waals surface area contributed by atoms with Crippen LogP contribution >= 0.6 is 0 Å². The lowest BCUT2D eigenvalue weighted by Gasteiger charge is -2.34. The predicted octanol–water partition coefficient (Wildman–Crippen LogP) is 2.04. The summed E-state index contributed by atoms with van der Waals surface area (Å²) in [7, 11) is 0. The number of esters is 1. The summed E-state index contributed by atoms with van der Waals surface area (Å²) in [6, 6.07) is 5.55. The molecule has 0 aliphatic heterocycles. The molecule has 1 saturated carbocycles. The minimum absolute atomic E-state index is 0.0886. The van der Waals surface area contributed by atoms with E-state index in [4.69, 9.17) is 4.74 Å². The van der Waals surface area contributed by atoms with Gasteiger partial charge in [-0.1, -0.05) is 38.8 Å². The average molecular weight is 364 g/mol. The fourth-order valence-electron chi connectivity index (χ4n) is 3.12. The van der Waals surface area contributed by atoms with Crippen molar-refractivity contribution in [1.29, 1.82) is 0 Å². The number of halogens is 1. The fourth-order valence-corrected chi connectivity index (χ4v) is 3.12. The molecule has 0 bridgehead atoms. The lowest BCUT2D eigenvalue weighted by atomic mass is 9.78. The third kappa shape index (κ3) is 5.54. The van der Waals surface area contributed by atoms with Crippen molar-refractivity contribution in [3.63, 3.8) is 0 Å². The summed E-state index contributed by atoms with van der Waals surface area (Å²) in [5.41, 5.74) is -0.154. The molecule has 1 fully saturated rings. The summed E-state index contributed by atoms with van der Waals surface area (Å²) in [4.78, 5) is 35.4. The first-order valence-electron chi connectivity index (χ1n) is 8.86. The van der Waals surface area contributed by atoms with Gasteiger partial charge < -0.3 is 15.4 Å². The van der Waals surface area contributed by atoms with E-state index in [1.165, 1.54) is 18.2 Å². The van der Waals surface area contributed by atoms with Crippen LogP contribution in [-0.2, 0) is 14.3 Å². The van der Waals surface area contributed by atoms with Crippen LogP contribution in [0.15, 0.2) is 24.3 Å². The van der Waals surface area contributed by atoms with Crippen LogP contribution in [0.1, 0.15) is 43.5 Å². The number of rotatable bonds is 6. The number of hydrogen-bond acceptors (Lipinski definition) is 4. The van der Waals surface area contributed by atoms with Gasteiger partial charge in [-0.05, 0) is 30.4 Å². The number of hydrogen-bond donors (Lipinski definition) is 2. The first-order chi connectivity index (χ1) is 12.4. The van der Waals surface area contributed by atoms with Crippen LogP contribution < -0.4 is 10.6 Å². The first kappa shape index (κ1) is 19.9. The Hall–Kier alpha value is -2.44. The van der Waals surface area contributed by atoms with E-state index in [1.807, 2.05) is 0 Å². The van der Waals surface area contributed by atoms with Crippen LogP contribution in [0.3, 0.4) is 0 Å². The Morgan fingerprint density at radius 1 is 1.19 bits per heavy atom. The first-order valence-corrected chi connectivity index (χ1v) is 8.86. The predicted molar refractivity (Wildman–Crippen MR) is 93.8 cm³/mol. The smallest absolute Gasteiger partial charge is 0.325 e. The van der Waals surface area contributed by atoms with E-state index in [2.05, 4.69) is 24.5 Å². The zero-order chi connectivity index (χ0) is 19.1. The quantitative estimate of drug-likeness (QED) is 0.757. The number of nitrogens with one attached hydrogen (secondary N) is 2. The SMILES string of the molecule is C[C@H]1[C@@H](NC(=O)COC(=O)CNC(=O)c2ccccc2F)CCC[C@@H]1C. The molecule has 142 valence electrons. The highest BCUT2D eigenvalue weighted by molar-refractivity contribution is 5.96. The van der Waals surface area contributed by atoms with Crippen LogP contribution in [0, 0.1) is 17.7 Å². The van der Waals surface area contributed by atoms with Crippen molar-refractivity contribution in [2.24, 2.45) is 11.8 Å². The molecule has 0 aromatic heterocycles. The maximum atomic E-state index is 13.5. The fraction of sp³-hybridized carbons (Fsp3) is 0.526. The maximum Gasteiger partial charge on any atom is 0.325 e. The minimum atomic E-state index is -0.755. The second kappa shape index (κ2) is 9.31. The molecule has 0 radical (unpaired) electrons. The highest BCUT2D eigenvalue weighted by Crippen LogP contribution is 2.29. The Labute approximate surface area is 152 Å². The van der Waals surface area contributed by atoms with Crippen molar-refractivity contribution < 1.29 is 23.5 Å². The Kier molecular flexibility index (Phi) is 7.12. The number of amides is 2. The van der Waals surface area contributed by atoms with E-state index in [0.29, 0.717) is 11.8 Å². The molecular weight excluding hydrogens is 339 g/mol. The highest BCUT2D eigenvalue weighted by Gasteiger charge is 2.28. The van der Waals surface area contributed by atoms with Gasteiger partial charge in [0.1, 0.15) is 12.4 Å². The van der Waals surface area contributed by atoms with Gasteiger partial charge in [-0.2, -0.15) is 0 Å². The van der Waals surface area contributed by atoms with Gasteiger partial charge >= 0.3 is 5.97 Å². The second-order valence-electron chi connectivity index (χ2n) is 6.76. The topological polar surface area (TPSA) is 84.5 Å². The molecule has 0 spiro atoms. The van der Waals surface area contributed by atoms with Crippen molar-refractivity contribution in [1.82, 2.24) is 10.6 Å². The lowest BCUT2D eigenvalue weighted by molar-refractivity contribution is -0.147. The van der Waals surface area contributed by atoms with Crippen LogP contribution in [-0.4, -0.2) is 37.0 Å². The molecule has 1 aliphatic rings. The molecule has 26 heavy (non-hydrogen) atoms. The van der Waals surface area contributed by atoms with Crippen molar-refractivity contribution in [2.75, 3.05) is 13.2 Å². The van der Waals surface area contributed by atoms with E-state index in [1.54, 1.807) is 0 Å². The summed E-state index contributed by atoms with van der Waals surface area (Å²) in [5, 5.41) is 5.17. The van der Waals surface area contributed by atoms with Gasteiger partial charge in [0.15, 0.2) is 6.61 Å². The molecule has 2 rings (SSSR count). The minimum Gasteiger partial charge on any atom is -0.454 e. The van der Waals surface area contributed by atoms with Gasteiger partial charge in [0.05, 0.1) is 5.56 Å². The zero-order valence-corrected chi connectivity index (χ0v) is 15.1. The van der Waals surface area contributed by atoms with Crippen LogP contribution in [0.25, 0.3) is 0 Å². The zero-order valence-electron chi connectivity index (χ0n) is 15.1. The summed E-state index contributed by atoms with van der Waals surface area (Å²) < 4.78 is 18.3. The molecule has 0 unspecified atom stereocenters. The molecule has 3 atom stereocenters. The Morgan fingerprint density at radius 3 is 2.65 bits per heavy atom. The normalized spacial score (nSPS) is 22.3. The van der Waals surface area contributed by atoms with E-state index in [0.717, 1.165) is 25.3 Å². The van der Waals surface area contributed by atoms with E-state index in [9.17, 15) is 18.8 Å². The molecule has 7 heteroatoms. The molecule has 2 amide bonds. The van der Waals surface area contributed by atoms with Crippen LogP contribution in [0.4, 0.5) is 4.39 Å². The number of carbonyl (C=O) groups excluding carboxylic acids is 3. The third-order valence-electron chi connectivity index (χ3n) is 4.93. The second-order valence-corrected chi connectivity index (χ2v) is 6.76. The van der Waals surface area contributed by atoms with Crippen molar-refractivity contribution >= 4 is 17.8 Å². The Balaban J connectivity index is 1.70. The van der Waals surface area contributed by atoms with E-state index < -0.39 is 30.8 Å². The largest absolute Gasteiger partial charge is 0.454 e. The van der Waals surface area contributed by atoms with Crippen molar-refractivity contribution in [3.05, 3.63) is 35.6 Å². The van der Waals surface area contributed by atoms with E-state index >= 15 is 0 Å². The standard InChI is InChI=1S/C19H25FN2O4/c1-12-6-5-9-16(13(12)2)22-17(23)11-26-18(24)10-21-19(25)14-7-3-4-8-15(14)20/h3-4,7-8,12-13,16H,5-6,9-11H2,1-2H3,(H,21,25)(H,22,23)/t12-,13+,16-/m0/s1. The number of ether oxygens (including phenoxy) is 1. The van der Waals surface area contributed by atoms with Gasteiger partial charge in [-0.15, -0.1) is 0 Å². The Bertz CT molecular complexity index is 665. The number of carbonyl (C=O) groups is 3. The van der Waals surface area contributed by atoms with Gasteiger partial charge in [0, 0.05) is 6.04 Å². The monoisotopic (exact) mass is 364 g/mol. The average Bonchev–Trinajstić information content (AvgIpc) is 2.62.